The number of ether oxygens (including phenoxy) is 1. The van der Waals surface area contributed by atoms with Crippen LogP contribution in [-0.4, -0.2) is 45.3 Å². The number of carbonyl (C=O) groups excluding carboxylic acids is 1. The van der Waals surface area contributed by atoms with E-state index in [-0.39, 0.29) is 17.9 Å². The van der Waals surface area contributed by atoms with Crippen molar-refractivity contribution in [2.45, 2.75) is 12.5 Å². The number of H-pyrrole nitrogens is 1. The molecule has 0 bridgehead atoms. The van der Waals surface area contributed by atoms with Crippen LogP contribution in [0.1, 0.15) is 16.1 Å². The highest BCUT2D eigenvalue weighted by Crippen LogP contribution is 2.19. The van der Waals surface area contributed by atoms with Crippen molar-refractivity contribution in [2.75, 3.05) is 13.2 Å². The zero-order valence-electron chi connectivity index (χ0n) is 13.0. The van der Waals surface area contributed by atoms with Gasteiger partial charge in [0.05, 0.1) is 25.5 Å². The summed E-state index contributed by atoms with van der Waals surface area (Å²) in [6.45, 7) is 1.16. The van der Waals surface area contributed by atoms with Crippen LogP contribution in [0.15, 0.2) is 42.9 Å². The summed E-state index contributed by atoms with van der Waals surface area (Å²) in [7, 11) is 0. The van der Waals surface area contributed by atoms with Gasteiger partial charge in [-0.05, 0) is 36.2 Å². The molecular formula is C17H17N5O2. The predicted octanol–water partition coefficient (Wildman–Crippen LogP) is 1.34. The molecule has 0 spiro atoms. The predicted molar refractivity (Wildman–Crippen MR) is 87.4 cm³/mol. The van der Waals surface area contributed by atoms with Gasteiger partial charge in [0.25, 0.3) is 5.91 Å². The standard InChI is InChI=1S/C17H17N5O2/c23-17(14-2-1-12-8-19-22-16(12)20-14)21-15-10-24-9-13(15)7-11-3-5-18-6-4-11/h1-6,8,13,15H,7,9-10H2,(H,21,23)(H,19,20,22)/t13-,15+/m1/s1. The molecule has 0 unspecified atom stereocenters. The van der Waals surface area contributed by atoms with Gasteiger partial charge in [-0.1, -0.05) is 0 Å². The van der Waals surface area contributed by atoms with Crippen LogP contribution in [-0.2, 0) is 11.2 Å². The molecule has 3 aromatic rings. The molecule has 1 fully saturated rings. The van der Waals surface area contributed by atoms with Crippen LogP contribution >= 0.6 is 0 Å². The van der Waals surface area contributed by atoms with Crippen molar-refractivity contribution in [3.8, 4) is 0 Å². The van der Waals surface area contributed by atoms with Gasteiger partial charge in [0.2, 0.25) is 0 Å². The Hall–Kier alpha value is -2.80. The summed E-state index contributed by atoms with van der Waals surface area (Å²) in [5.41, 5.74) is 2.18. The fraction of sp³-hybridized carbons (Fsp3) is 0.294. The number of aromatic nitrogens is 4. The number of nitrogens with one attached hydrogen (secondary N) is 2. The van der Waals surface area contributed by atoms with Crippen molar-refractivity contribution in [1.82, 2.24) is 25.5 Å². The molecule has 0 aliphatic carbocycles. The lowest BCUT2D eigenvalue weighted by atomic mass is 9.95. The molecule has 1 aliphatic rings. The molecule has 4 rings (SSSR count). The Bertz CT molecular complexity index is 848. The Labute approximate surface area is 138 Å². The number of hydrogen-bond acceptors (Lipinski definition) is 5. The first kappa shape index (κ1) is 14.8. The number of nitrogens with zero attached hydrogens (tertiary/aromatic N) is 3. The topological polar surface area (TPSA) is 92.8 Å². The zero-order valence-corrected chi connectivity index (χ0v) is 13.0. The Balaban J connectivity index is 1.45. The maximum absolute atomic E-state index is 12.5. The van der Waals surface area contributed by atoms with Crippen LogP contribution in [0.2, 0.25) is 0 Å². The maximum Gasteiger partial charge on any atom is 0.270 e. The van der Waals surface area contributed by atoms with E-state index in [0.29, 0.717) is 24.6 Å². The van der Waals surface area contributed by atoms with Crippen molar-refractivity contribution in [1.29, 1.82) is 0 Å². The molecule has 1 aliphatic heterocycles. The van der Waals surface area contributed by atoms with E-state index in [2.05, 4.69) is 25.5 Å². The summed E-state index contributed by atoms with van der Waals surface area (Å²) in [5.74, 6) is 0.0500. The van der Waals surface area contributed by atoms with Crippen molar-refractivity contribution >= 4 is 16.9 Å². The summed E-state index contributed by atoms with van der Waals surface area (Å²) in [5, 5.41) is 10.6. The van der Waals surface area contributed by atoms with Crippen LogP contribution < -0.4 is 5.32 Å². The van der Waals surface area contributed by atoms with Gasteiger partial charge in [-0.3, -0.25) is 14.9 Å². The van der Waals surface area contributed by atoms with Gasteiger partial charge < -0.3 is 10.1 Å². The Morgan fingerprint density at radius 2 is 2.12 bits per heavy atom. The largest absolute Gasteiger partial charge is 0.379 e. The molecule has 0 aromatic carbocycles. The maximum atomic E-state index is 12.5. The Morgan fingerprint density at radius 3 is 3.00 bits per heavy atom. The second-order valence-electron chi connectivity index (χ2n) is 5.94. The molecule has 2 atom stereocenters. The lowest BCUT2D eigenvalue weighted by molar-refractivity contribution is 0.0920. The van der Waals surface area contributed by atoms with Gasteiger partial charge in [0.15, 0.2) is 5.65 Å². The van der Waals surface area contributed by atoms with E-state index in [4.69, 9.17) is 4.74 Å². The first-order valence-electron chi connectivity index (χ1n) is 7.87. The number of aromatic amines is 1. The molecule has 122 valence electrons. The molecule has 3 aromatic heterocycles. The first-order chi connectivity index (χ1) is 11.8. The van der Waals surface area contributed by atoms with E-state index in [1.165, 1.54) is 5.56 Å². The third kappa shape index (κ3) is 2.98. The van der Waals surface area contributed by atoms with E-state index in [0.717, 1.165) is 11.8 Å². The summed E-state index contributed by atoms with van der Waals surface area (Å²) in [6, 6.07) is 7.50. The molecule has 4 heterocycles. The summed E-state index contributed by atoms with van der Waals surface area (Å²) in [4.78, 5) is 20.8. The lowest BCUT2D eigenvalue weighted by Crippen LogP contribution is -2.40. The average Bonchev–Trinajstić information content (AvgIpc) is 3.24. The molecule has 1 amide bonds. The molecule has 0 radical (unpaired) electrons. The van der Waals surface area contributed by atoms with E-state index >= 15 is 0 Å². The Morgan fingerprint density at radius 1 is 1.25 bits per heavy atom. The van der Waals surface area contributed by atoms with Gasteiger partial charge in [-0.15, -0.1) is 0 Å². The quantitative estimate of drug-likeness (QED) is 0.756. The van der Waals surface area contributed by atoms with E-state index in [1.54, 1.807) is 24.7 Å². The van der Waals surface area contributed by atoms with Crippen molar-refractivity contribution in [2.24, 2.45) is 5.92 Å². The van der Waals surface area contributed by atoms with Crippen LogP contribution in [0.5, 0.6) is 0 Å². The number of amides is 1. The zero-order chi connectivity index (χ0) is 16.4. The second kappa shape index (κ2) is 6.37. The van der Waals surface area contributed by atoms with Crippen molar-refractivity contribution < 1.29 is 9.53 Å². The molecule has 2 N–H and O–H groups in total. The van der Waals surface area contributed by atoms with E-state index < -0.39 is 0 Å². The molecule has 24 heavy (non-hydrogen) atoms. The third-order valence-corrected chi connectivity index (χ3v) is 4.30. The van der Waals surface area contributed by atoms with Crippen LogP contribution in [0.25, 0.3) is 11.0 Å². The highest BCUT2D eigenvalue weighted by molar-refractivity contribution is 5.94. The fourth-order valence-corrected chi connectivity index (χ4v) is 2.98. The van der Waals surface area contributed by atoms with Gasteiger partial charge >= 0.3 is 0 Å². The van der Waals surface area contributed by atoms with E-state index in [1.807, 2.05) is 18.2 Å². The van der Waals surface area contributed by atoms with Gasteiger partial charge in [0, 0.05) is 23.7 Å². The Kier molecular flexibility index (Phi) is 3.92. The number of hydrogen-bond donors (Lipinski definition) is 2. The molecular weight excluding hydrogens is 306 g/mol. The fourth-order valence-electron chi connectivity index (χ4n) is 2.98. The van der Waals surface area contributed by atoms with Crippen molar-refractivity contribution in [3.05, 3.63) is 54.1 Å². The number of fused-ring (bicyclic) bond motifs is 1. The summed E-state index contributed by atoms with van der Waals surface area (Å²) in [6.07, 6.45) is 6.09. The molecule has 7 nitrogen and oxygen atoms in total. The van der Waals surface area contributed by atoms with Gasteiger partial charge in [-0.25, -0.2) is 4.98 Å². The smallest absolute Gasteiger partial charge is 0.270 e. The monoisotopic (exact) mass is 323 g/mol. The highest BCUT2D eigenvalue weighted by atomic mass is 16.5. The minimum absolute atomic E-state index is 0.0232. The van der Waals surface area contributed by atoms with Crippen LogP contribution in [0.3, 0.4) is 0 Å². The average molecular weight is 323 g/mol. The molecule has 7 heteroatoms. The minimum Gasteiger partial charge on any atom is -0.379 e. The second-order valence-corrected chi connectivity index (χ2v) is 5.94. The summed E-state index contributed by atoms with van der Waals surface area (Å²) < 4.78 is 5.57. The normalized spacial score (nSPS) is 20.3. The minimum atomic E-state index is -0.193. The van der Waals surface area contributed by atoms with E-state index in [9.17, 15) is 4.79 Å². The van der Waals surface area contributed by atoms with Gasteiger partial charge in [-0.2, -0.15) is 5.10 Å². The third-order valence-electron chi connectivity index (χ3n) is 4.30. The lowest BCUT2D eigenvalue weighted by Gasteiger charge is -2.19. The van der Waals surface area contributed by atoms with Crippen LogP contribution in [0.4, 0.5) is 0 Å². The SMILES string of the molecule is O=C(N[C@H]1COC[C@H]1Cc1ccncc1)c1ccc2cn[nH]c2n1. The number of carbonyl (C=O) groups is 1. The van der Waals surface area contributed by atoms with Crippen molar-refractivity contribution in [3.63, 3.8) is 0 Å². The molecule has 0 saturated carbocycles. The van der Waals surface area contributed by atoms with Gasteiger partial charge in [0.1, 0.15) is 5.69 Å². The number of rotatable bonds is 4. The highest BCUT2D eigenvalue weighted by Gasteiger charge is 2.30. The number of pyridine rings is 2. The summed E-state index contributed by atoms with van der Waals surface area (Å²) >= 11 is 0. The van der Waals surface area contributed by atoms with Crippen LogP contribution in [0, 0.1) is 5.92 Å². The first-order valence-corrected chi connectivity index (χ1v) is 7.87. The molecule has 1 saturated heterocycles.